The van der Waals surface area contributed by atoms with Crippen LogP contribution in [-0.4, -0.2) is 18.1 Å². The van der Waals surface area contributed by atoms with E-state index in [-0.39, 0.29) is 18.6 Å². The number of ether oxygens (including phenoxy) is 1. The van der Waals surface area contributed by atoms with Crippen LogP contribution in [0.25, 0.3) is 0 Å². The van der Waals surface area contributed by atoms with Gasteiger partial charge in [-0.3, -0.25) is 4.79 Å². The Hall–Kier alpha value is -1.35. The average molecular weight is 235 g/mol. The SMILES string of the molecule is C[C@@H](NCC(=O)OC(C)(C)C)c1ccccc1. The van der Waals surface area contributed by atoms with Crippen molar-refractivity contribution in [2.75, 3.05) is 6.54 Å². The molecule has 0 radical (unpaired) electrons. The van der Waals surface area contributed by atoms with Crippen molar-refractivity contribution in [3.05, 3.63) is 35.9 Å². The van der Waals surface area contributed by atoms with Crippen LogP contribution in [-0.2, 0) is 9.53 Å². The molecule has 0 aliphatic carbocycles. The highest BCUT2D eigenvalue weighted by Gasteiger charge is 2.16. The summed E-state index contributed by atoms with van der Waals surface area (Å²) in [6.45, 7) is 7.86. The van der Waals surface area contributed by atoms with Gasteiger partial charge in [-0.15, -0.1) is 0 Å². The Labute approximate surface area is 103 Å². The molecule has 0 saturated carbocycles. The third kappa shape index (κ3) is 5.50. The fourth-order valence-corrected chi connectivity index (χ4v) is 1.47. The minimum atomic E-state index is -0.422. The molecule has 1 atom stereocenters. The van der Waals surface area contributed by atoms with Crippen molar-refractivity contribution in [3.8, 4) is 0 Å². The van der Waals surface area contributed by atoms with Crippen LogP contribution in [0.15, 0.2) is 30.3 Å². The molecule has 0 saturated heterocycles. The number of nitrogens with one attached hydrogen (secondary N) is 1. The second-order valence-electron chi connectivity index (χ2n) is 5.10. The van der Waals surface area contributed by atoms with Gasteiger partial charge in [0.25, 0.3) is 0 Å². The van der Waals surface area contributed by atoms with Crippen LogP contribution < -0.4 is 5.32 Å². The van der Waals surface area contributed by atoms with Crippen LogP contribution >= 0.6 is 0 Å². The molecular weight excluding hydrogens is 214 g/mol. The first-order chi connectivity index (χ1) is 7.88. The van der Waals surface area contributed by atoms with Crippen LogP contribution in [0, 0.1) is 0 Å². The number of esters is 1. The van der Waals surface area contributed by atoms with Crippen molar-refractivity contribution in [2.45, 2.75) is 39.3 Å². The first-order valence-corrected chi connectivity index (χ1v) is 5.88. The molecule has 1 N–H and O–H groups in total. The number of benzene rings is 1. The van der Waals surface area contributed by atoms with E-state index in [4.69, 9.17) is 4.74 Å². The van der Waals surface area contributed by atoms with E-state index < -0.39 is 5.60 Å². The lowest BCUT2D eigenvalue weighted by molar-refractivity contribution is -0.153. The maximum atomic E-state index is 11.5. The van der Waals surface area contributed by atoms with Crippen LogP contribution in [0.4, 0.5) is 0 Å². The standard InChI is InChI=1S/C14H21NO2/c1-11(12-8-6-5-7-9-12)15-10-13(16)17-14(2,3)4/h5-9,11,15H,10H2,1-4H3/t11-/m1/s1. The van der Waals surface area contributed by atoms with Crippen molar-refractivity contribution in [1.82, 2.24) is 5.32 Å². The number of carbonyl (C=O) groups excluding carboxylic acids is 1. The minimum absolute atomic E-state index is 0.142. The van der Waals surface area contributed by atoms with Crippen molar-refractivity contribution in [2.24, 2.45) is 0 Å². The summed E-state index contributed by atoms with van der Waals surface area (Å²) >= 11 is 0. The summed E-state index contributed by atoms with van der Waals surface area (Å²) in [5.41, 5.74) is 0.741. The van der Waals surface area contributed by atoms with Crippen LogP contribution in [0.5, 0.6) is 0 Å². The van der Waals surface area contributed by atoms with Crippen molar-refractivity contribution < 1.29 is 9.53 Å². The zero-order valence-electron chi connectivity index (χ0n) is 11.0. The lowest BCUT2D eigenvalue weighted by atomic mass is 10.1. The summed E-state index contributed by atoms with van der Waals surface area (Å²) in [5, 5.41) is 3.15. The molecule has 0 spiro atoms. The third-order valence-corrected chi connectivity index (χ3v) is 2.27. The molecule has 94 valence electrons. The molecule has 17 heavy (non-hydrogen) atoms. The van der Waals surface area contributed by atoms with Crippen molar-refractivity contribution >= 4 is 5.97 Å². The average Bonchev–Trinajstić information content (AvgIpc) is 2.25. The molecule has 3 heteroatoms. The van der Waals surface area contributed by atoms with E-state index in [0.717, 1.165) is 5.56 Å². The highest BCUT2D eigenvalue weighted by atomic mass is 16.6. The van der Waals surface area contributed by atoms with Crippen LogP contribution in [0.2, 0.25) is 0 Å². The molecule has 0 aliphatic heterocycles. The zero-order chi connectivity index (χ0) is 12.9. The van der Waals surface area contributed by atoms with Gasteiger partial charge in [-0.05, 0) is 33.3 Å². The smallest absolute Gasteiger partial charge is 0.320 e. The van der Waals surface area contributed by atoms with Gasteiger partial charge in [-0.1, -0.05) is 30.3 Å². The molecule has 1 rings (SSSR count). The van der Waals surface area contributed by atoms with Gasteiger partial charge in [0.05, 0.1) is 6.54 Å². The van der Waals surface area contributed by atoms with Gasteiger partial charge in [0.2, 0.25) is 0 Å². The maximum Gasteiger partial charge on any atom is 0.320 e. The summed E-state index contributed by atoms with van der Waals surface area (Å²) in [5.74, 6) is -0.222. The Bertz CT molecular complexity index is 354. The molecular formula is C14H21NO2. The maximum absolute atomic E-state index is 11.5. The summed E-state index contributed by atoms with van der Waals surface area (Å²) in [4.78, 5) is 11.5. The van der Waals surface area contributed by atoms with Crippen molar-refractivity contribution in [3.63, 3.8) is 0 Å². The fraction of sp³-hybridized carbons (Fsp3) is 0.500. The molecule has 1 aromatic rings. The van der Waals surface area contributed by atoms with Gasteiger partial charge in [-0.2, -0.15) is 0 Å². The quantitative estimate of drug-likeness (QED) is 0.815. The van der Waals surface area contributed by atoms with Gasteiger partial charge in [0, 0.05) is 6.04 Å². The normalized spacial score (nSPS) is 13.2. The molecule has 0 unspecified atom stereocenters. The van der Waals surface area contributed by atoms with E-state index in [2.05, 4.69) is 5.32 Å². The van der Waals surface area contributed by atoms with Gasteiger partial charge in [-0.25, -0.2) is 0 Å². The second kappa shape index (κ2) is 5.82. The van der Waals surface area contributed by atoms with Gasteiger partial charge in [0.1, 0.15) is 5.60 Å². The number of hydrogen-bond donors (Lipinski definition) is 1. The number of rotatable bonds is 4. The van der Waals surface area contributed by atoms with Gasteiger partial charge >= 0.3 is 5.97 Å². The van der Waals surface area contributed by atoms with Crippen LogP contribution in [0.1, 0.15) is 39.3 Å². The van der Waals surface area contributed by atoms with E-state index in [9.17, 15) is 4.79 Å². The second-order valence-corrected chi connectivity index (χ2v) is 5.10. The Morgan fingerprint density at radius 3 is 2.41 bits per heavy atom. The molecule has 0 aromatic heterocycles. The van der Waals surface area contributed by atoms with Crippen molar-refractivity contribution in [1.29, 1.82) is 0 Å². The summed E-state index contributed by atoms with van der Waals surface area (Å²) < 4.78 is 5.22. The number of hydrogen-bond acceptors (Lipinski definition) is 3. The Balaban J connectivity index is 2.39. The summed E-state index contributed by atoms with van der Waals surface area (Å²) in [6.07, 6.45) is 0. The molecule has 0 amide bonds. The van der Waals surface area contributed by atoms with Gasteiger partial charge < -0.3 is 10.1 Å². The fourth-order valence-electron chi connectivity index (χ4n) is 1.47. The molecule has 0 fully saturated rings. The Kier molecular flexibility index (Phi) is 4.70. The lowest BCUT2D eigenvalue weighted by Crippen LogP contribution is -2.32. The zero-order valence-corrected chi connectivity index (χ0v) is 11.0. The van der Waals surface area contributed by atoms with E-state index in [0.29, 0.717) is 0 Å². The first-order valence-electron chi connectivity index (χ1n) is 5.88. The third-order valence-electron chi connectivity index (χ3n) is 2.27. The molecule has 1 aromatic carbocycles. The van der Waals surface area contributed by atoms with E-state index in [1.165, 1.54) is 0 Å². The van der Waals surface area contributed by atoms with E-state index >= 15 is 0 Å². The first kappa shape index (κ1) is 13.7. The van der Waals surface area contributed by atoms with E-state index in [1.807, 2.05) is 58.0 Å². The Morgan fingerprint density at radius 2 is 1.88 bits per heavy atom. The number of carbonyl (C=O) groups is 1. The predicted octanol–water partition coefficient (Wildman–Crippen LogP) is 2.68. The summed E-state index contributed by atoms with van der Waals surface area (Å²) in [7, 11) is 0. The van der Waals surface area contributed by atoms with E-state index in [1.54, 1.807) is 0 Å². The molecule has 0 heterocycles. The summed E-state index contributed by atoms with van der Waals surface area (Å²) in [6, 6.07) is 10.2. The van der Waals surface area contributed by atoms with Gasteiger partial charge in [0.15, 0.2) is 0 Å². The highest BCUT2D eigenvalue weighted by molar-refractivity contribution is 5.72. The molecule has 0 aliphatic rings. The predicted molar refractivity (Wildman–Crippen MR) is 68.7 cm³/mol. The Morgan fingerprint density at radius 1 is 1.29 bits per heavy atom. The topological polar surface area (TPSA) is 38.3 Å². The highest BCUT2D eigenvalue weighted by Crippen LogP contribution is 2.11. The molecule has 0 bridgehead atoms. The monoisotopic (exact) mass is 235 g/mol. The lowest BCUT2D eigenvalue weighted by Gasteiger charge is -2.20. The largest absolute Gasteiger partial charge is 0.459 e. The van der Waals surface area contributed by atoms with Crippen LogP contribution in [0.3, 0.4) is 0 Å². The minimum Gasteiger partial charge on any atom is -0.459 e. The molecule has 3 nitrogen and oxygen atoms in total.